The molecule has 0 spiro atoms. The first-order valence-corrected chi connectivity index (χ1v) is 7.60. The van der Waals surface area contributed by atoms with Crippen molar-refractivity contribution < 1.29 is 8.78 Å². The fourth-order valence-electron chi connectivity index (χ4n) is 2.40. The standard InChI is InChI=1S/C16H15BrClF2N/c1-8-5-12(18)9(2)4-11(8)16(21-3)15-13(19)6-10(17)7-14(15)20/h4-7,16,21H,1-3H3. The Balaban J connectivity index is 2.63. The second kappa shape index (κ2) is 6.42. The van der Waals surface area contributed by atoms with Crippen molar-refractivity contribution >= 4 is 27.5 Å². The fraction of sp³-hybridized carbons (Fsp3) is 0.250. The van der Waals surface area contributed by atoms with Crippen LogP contribution < -0.4 is 5.32 Å². The van der Waals surface area contributed by atoms with Crippen LogP contribution in [-0.4, -0.2) is 7.05 Å². The van der Waals surface area contributed by atoms with Gasteiger partial charge in [-0.3, -0.25) is 0 Å². The lowest BCUT2D eigenvalue weighted by Crippen LogP contribution is -2.21. The summed E-state index contributed by atoms with van der Waals surface area (Å²) in [5, 5.41) is 3.63. The van der Waals surface area contributed by atoms with Gasteiger partial charge in [0.2, 0.25) is 0 Å². The predicted molar refractivity (Wildman–Crippen MR) is 85.9 cm³/mol. The van der Waals surface area contributed by atoms with Crippen molar-refractivity contribution in [3.8, 4) is 0 Å². The molecule has 0 radical (unpaired) electrons. The van der Waals surface area contributed by atoms with E-state index < -0.39 is 17.7 Å². The van der Waals surface area contributed by atoms with Gasteiger partial charge in [0.05, 0.1) is 6.04 Å². The summed E-state index contributed by atoms with van der Waals surface area (Å²) in [4.78, 5) is 0. The lowest BCUT2D eigenvalue weighted by molar-refractivity contribution is 0.520. The summed E-state index contributed by atoms with van der Waals surface area (Å²) in [5.41, 5.74) is 2.56. The minimum atomic E-state index is -0.590. The molecule has 2 rings (SSSR count). The third-order valence-corrected chi connectivity index (χ3v) is 4.34. The number of nitrogens with one attached hydrogen (secondary N) is 1. The van der Waals surface area contributed by atoms with Crippen LogP contribution in [0, 0.1) is 25.5 Å². The fourth-order valence-corrected chi connectivity index (χ4v) is 3.02. The summed E-state index contributed by atoms with van der Waals surface area (Å²) in [6.45, 7) is 3.74. The molecule has 0 bridgehead atoms. The Morgan fingerprint density at radius 2 is 1.62 bits per heavy atom. The van der Waals surface area contributed by atoms with Crippen LogP contribution >= 0.6 is 27.5 Å². The van der Waals surface area contributed by atoms with Crippen molar-refractivity contribution in [3.63, 3.8) is 0 Å². The SMILES string of the molecule is CNC(c1cc(C)c(Cl)cc1C)c1c(F)cc(Br)cc1F. The largest absolute Gasteiger partial charge is 0.309 e. The maximum atomic E-state index is 14.2. The Kier molecular flexibility index (Phi) is 5.02. The quantitative estimate of drug-likeness (QED) is 0.768. The van der Waals surface area contributed by atoms with E-state index in [1.54, 1.807) is 7.05 Å². The molecule has 2 aromatic carbocycles. The molecular formula is C16H15BrClF2N. The topological polar surface area (TPSA) is 12.0 Å². The van der Waals surface area contributed by atoms with Gasteiger partial charge in [-0.05, 0) is 55.8 Å². The van der Waals surface area contributed by atoms with Crippen molar-refractivity contribution in [2.45, 2.75) is 19.9 Å². The highest BCUT2D eigenvalue weighted by atomic mass is 79.9. The molecule has 5 heteroatoms. The summed E-state index contributed by atoms with van der Waals surface area (Å²) >= 11 is 9.18. The van der Waals surface area contributed by atoms with E-state index in [0.717, 1.165) is 16.7 Å². The van der Waals surface area contributed by atoms with E-state index >= 15 is 0 Å². The number of halogens is 4. The molecule has 1 unspecified atom stereocenters. The molecule has 2 aromatic rings. The van der Waals surface area contributed by atoms with Crippen LogP contribution in [0.2, 0.25) is 5.02 Å². The number of rotatable bonds is 3. The van der Waals surface area contributed by atoms with Gasteiger partial charge in [0.25, 0.3) is 0 Å². The third-order valence-electron chi connectivity index (χ3n) is 3.48. The number of hydrogen-bond donors (Lipinski definition) is 1. The molecule has 0 aromatic heterocycles. The summed E-state index contributed by atoms with van der Waals surface area (Å²) in [5.74, 6) is -1.18. The van der Waals surface area contributed by atoms with Gasteiger partial charge in [0.15, 0.2) is 0 Å². The van der Waals surface area contributed by atoms with Gasteiger partial charge in [0, 0.05) is 15.1 Å². The van der Waals surface area contributed by atoms with E-state index in [-0.39, 0.29) is 5.56 Å². The third kappa shape index (κ3) is 3.28. The Morgan fingerprint density at radius 3 is 2.14 bits per heavy atom. The first-order valence-electron chi connectivity index (χ1n) is 6.43. The zero-order chi connectivity index (χ0) is 15.7. The van der Waals surface area contributed by atoms with Crippen LogP contribution in [0.1, 0.15) is 28.3 Å². The van der Waals surface area contributed by atoms with Gasteiger partial charge in [0.1, 0.15) is 11.6 Å². The van der Waals surface area contributed by atoms with Gasteiger partial charge in [-0.25, -0.2) is 8.78 Å². The molecular weight excluding hydrogens is 360 g/mol. The first kappa shape index (κ1) is 16.4. The monoisotopic (exact) mass is 373 g/mol. The van der Waals surface area contributed by atoms with Crippen LogP contribution in [0.15, 0.2) is 28.7 Å². The molecule has 0 aliphatic heterocycles. The summed E-state index contributed by atoms with van der Waals surface area (Å²) < 4.78 is 28.8. The molecule has 0 aliphatic rings. The lowest BCUT2D eigenvalue weighted by atomic mass is 9.93. The molecule has 0 fully saturated rings. The predicted octanol–water partition coefficient (Wildman–Crippen LogP) is 5.31. The number of benzene rings is 2. The van der Waals surface area contributed by atoms with Crippen LogP contribution in [0.4, 0.5) is 8.78 Å². The van der Waals surface area contributed by atoms with E-state index in [2.05, 4.69) is 21.2 Å². The highest BCUT2D eigenvalue weighted by molar-refractivity contribution is 9.10. The molecule has 0 heterocycles. The van der Waals surface area contributed by atoms with Crippen molar-refractivity contribution in [2.24, 2.45) is 0 Å². The van der Waals surface area contributed by atoms with E-state index in [1.807, 2.05) is 26.0 Å². The Bertz CT molecular complexity index is 665. The van der Waals surface area contributed by atoms with Crippen LogP contribution in [0.25, 0.3) is 0 Å². The second-order valence-electron chi connectivity index (χ2n) is 4.96. The smallest absolute Gasteiger partial charge is 0.132 e. The van der Waals surface area contributed by atoms with Gasteiger partial charge in [-0.1, -0.05) is 33.6 Å². The molecule has 21 heavy (non-hydrogen) atoms. The Morgan fingerprint density at radius 1 is 1.05 bits per heavy atom. The zero-order valence-electron chi connectivity index (χ0n) is 11.9. The summed E-state index contributed by atoms with van der Waals surface area (Å²) in [7, 11) is 1.68. The highest BCUT2D eigenvalue weighted by Gasteiger charge is 2.23. The van der Waals surface area contributed by atoms with Crippen LogP contribution in [0.3, 0.4) is 0 Å². The number of hydrogen-bond acceptors (Lipinski definition) is 1. The van der Waals surface area contributed by atoms with Crippen molar-refractivity contribution in [3.05, 3.63) is 67.6 Å². The molecule has 1 nitrogen and oxygen atoms in total. The van der Waals surface area contributed by atoms with E-state index in [0.29, 0.717) is 9.50 Å². The molecule has 112 valence electrons. The van der Waals surface area contributed by atoms with Gasteiger partial charge < -0.3 is 5.32 Å². The average Bonchev–Trinajstić information content (AvgIpc) is 2.38. The van der Waals surface area contributed by atoms with Crippen molar-refractivity contribution in [2.75, 3.05) is 7.05 Å². The van der Waals surface area contributed by atoms with Gasteiger partial charge in [-0.2, -0.15) is 0 Å². The first-order chi connectivity index (χ1) is 9.85. The minimum absolute atomic E-state index is 0.00511. The zero-order valence-corrected chi connectivity index (χ0v) is 14.2. The maximum absolute atomic E-state index is 14.2. The highest BCUT2D eigenvalue weighted by Crippen LogP contribution is 2.32. The second-order valence-corrected chi connectivity index (χ2v) is 6.29. The normalized spacial score (nSPS) is 12.5. The molecule has 0 amide bonds. The molecule has 1 N–H and O–H groups in total. The van der Waals surface area contributed by atoms with Crippen molar-refractivity contribution in [1.29, 1.82) is 0 Å². The van der Waals surface area contributed by atoms with Gasteiger partial charge in [-0.15, -0.1) is 0 Å². The van der Waals surface area contributed by atoms with E-state index in [4.69, 9.17) is 11.6 Å². The van der Waals surface area contributed by atoms with Crippen molar-refractivity contribution in [1.82, 2.24) is 5.32 Å². The van der Waals surface area contributed by atoms with E-state index in [9.17, 15) is 8.78 Å². The average molecular weight is 375 g/mol. The van der Waals surface area contributed by atoms with Crippen LogP contribution in [-0.2, 0) is 0 Å². The van der Waals surface area contributed by atoms with Gasteiger partial charge >= 0.3 is 0 Å². The Hall–Kier alpha value is -0.970. The molecule has 0 saturated heterocycles. The molecule has 1 atom stereocenters. The molecule has 0 saturated carbocycles. The lowest BCUT2D eigenvalue weighted by Gasteiger charge is -2.22. The maximum Gasteiger partial charge on any atom is 0.132 e. The summed E-state index contributed by atoms with van der Waals surface area (Å²) in [6.07, 6.45) is 0. The molecule has 0 aliphatic carbocycles. The van der Waals surface area contributed by atoms with E-state index in [1.165, 1.54) is 12.1 Å². The minimum Gasteiger partial charge on any atom is -0.309 e. The van der Waals surface area contributed by atoms with Crippen LogP contribution in [0.5, 0.6) is 0 Å². The summed E-state index contributed by atoms with van der Waals surface area (Å²) in [6, 6.07) is 5.63. The Labute approximate surface area is 136 Å². The number of aryl methyl sites for hydroxylation is 2.